The summed E-state index contributed by atoms with van der Waals surface area (Å²) in [5.41, 5.74) is 0.598. The molecule has 1 aromatic carbocycles. The van der Waals surface area contributed by atoms with E-state index >= 15 is 0 Å². The average Bonchev–Trinajstić information content (AvgIpc) is 2.38. The molecule has 112 valence electrons. The minimum absolute atomic E-state index is 0.182. The number of nitrogens with one attached hydrogen (secondary N) is 1. The van der Waals surface area contributed by atoms with Gasteiger partial charge in [0.05, 0.1) is 19.9 Å². The molecule has 0 aliphatic heterocycles. The van der Waals surface area contributed by atoms with Crippen LogP contribution in [0.15, 0.2) is 24.3 Å². The Hall–Kier alpha value is -1.60. The maximum Gasteiger partial charge on any atom is 0.239 e. The maximum atomic E-state index is 11.9. The number of hydrogen-bond acceptors (Lipinski definition) is 4. The quantitative estimate of drug-likeness (QED) is 0.823. The van der Waals surface area contributed by atoms with Crippen molar-refractivity contribution < 1.29 is 17.9 Å². The molecule has 1 rings (SSSR count). The Labute approximate surface area is 119 Å². The molecule has 0 saturated heterocycles. The second kappa shape index (κ2) is 7.25. The number of sulfonamides is 1. The Morgan fingerprint density at radius 2 is 1.90 bits per heavy atom. The van der Waals surface area contributed by atoms with E-state index in [0.717, 1.165) is 10.6 Å². The highest BCUT2D eigenvalue weighted by atomic mass is 32.2. The van der Waals surface area contributed by atoms with Gasteiger partial charge in [-0.05, 0) is 30.7 Å². The highest BCUT2D eigenvalue weighted by Crippen LogP contribution is 2.15. The van der Waals surface area contributed by atoms with E-state index in [1.54, 1.807) is 31.4 Å². The molecule has 0 unspecified atom stereocenters. The van der Waals surface area contributed by atoms with Gasteiger partial charge in [0.2, 0.25) is 15.9 Å². The van der Waals surface area contributed by atoms with Gasteiger partial charge in [0, 0.05) is 12.2 Å². The minimum Gasteiger partial charge on any atom is -0.497 e. The van der Waals surface area contributed by atoms with Gasteiger partial charge in [0.25, 0.3) is 0 Å². The zero-order valence-corrected chi connectivity index (χ0v) is 12.7. The number of rotatable bonds is 7. The smallest absolute Gasteiger partial charge is 0.239 e. The zero-order valence-electron chi connectivity index (χ0n) is 11.9. The van der Waals surface area contributed by atoms with Crippen molar-refractivity contribution in [3.8, 4) is 5.75 Å². The molecule has 0 radical (unpaired) electrons. The highest BCUT2D eigenvalue weighted by molar-refractivity contribution is 7.88. The van der Waals surface area contributed by atoms with Gasteiger partial charge >= 0.3 is 0 Å². The number of benzene rings is 1. The SMILES string of the molecule is CCCN(CC(=O)Nc1ccc(OC)cc1)S(C)(=O)=O. The van der Waals surface area contributed by atoms with Gasteiger partial charge in [-0.25, -0.2) is 8.42 Å². The van der Waals surface area contributed by atoms with E-state index in [1.807, 2.05) is 6.92 Å². The van der Waals surface area contributed by atoms with Crippen molar-refractivity contribution in [2.75, 3.05) is 31.8 Å². The first-order valence-electron chi connectivity index (χ1n) is 6.26. The van der Waals surface area contributed by atoms with Crippen molar-refractivity contribution in [2.45, 2.75) is 13.3 Å². The molecular weight excluding hydrogens is 280 g/mol. The van der Waals surface area contributed by atoms with E-state index in [4.69, 9.17) is 4.74 Å². The van der Waals surface area contributed by atoms with Gasteiger partial charge < -0.3 is 10.1 Å². The lowest BCUT2D eigenvalue weighted by molar-refractivity contribution is -0.116. The van der Waals surface area contributed by atoms with Crippen LogP contribution in [0, 0.1) is 0 Å². The average molecular weight is 300 g/mol. The van der Waals surface area contributed by atoms with E-state index in [9.17, 15) is 13.2 Å². The summed E-state index contributed by atoms with van der Waals surface area (Å²) in [4.78, 5) is 11.9. The molecule has 0 bridgehead atoms. The first kappa shape index (κ1) is 16.5. The van der Waals surface area contributed by atoms with Crippen molar-refractivity contribution in [3.05, 3.63) is 24.3 Å². The van der Waals surface area contributed by atoms with Crippen molar-refractivity contribution in [1.29, 1.82) is 0 Å². The normalized spacial score (nSPS) is 11.4. The van der Waals surface area contributed by atoms with Crippen LogP contribution in [0.1, 0.15) is 13.3 Å². The number of methoxy groups -OCH3 is 1. The highest BCUT2D eigenvalue weighted by Gasteiger charge is 2.19. The summed E-state index contributed by atoms with van der Waals surface area (Å²) in [5, 5.41) is 2.65. The fraction of sp³-hybridized carbons (Fsp3) is 0.462. The predicted molar refractivity (Wildman–Crippen MR) is 78.3 cm³/mol. The number of nitrogens with zero attached hydrogens (tertiary/aromatic N) is 1. The predicted octanol–water partition coefficient (Wildman–Crippen LogP) is 1.31. The first-order chi connectivity index (χ1) is 9.36. The number of hydrogen-bond donors (Lipinski definition) is 1. The summed E-state index contributed by atoms with van der Waals surface area (Å²) in [6.07, 6.45) is 1.76. The van der Waals surface area contributed by atoms with Gasteiger partial charge in [-0.15, -0.1) is 0 Å². The molecule has 0 heterocycles. The Bertz CT molecular complexity index is 540. The lowest BCUT2D eigenvalue weighted by Crippen LogP contribution is -2.37. The number of anilines is 1. The molecular formula is C13H20N2O4S. The monoisotopic (exact) mass is 300 g/mol. The molecule has 0 fully saturated rings. The molecule has 0 aromatic heterocycles. The summed E-state index contributed by atoms with van der Waals surface area (Å²) in [6, 6.07) is 6.83. The second-order valence-electron chi connectivity index (χ2n) is 4.37. The molecule has 1 amide bonds. The van der Waals surface area contributed by atoms with Crippen LogP contribution < -0.4 is 10.1 Å². The molecule has 0 aliphatic rings. The number of carbonyl (C=O) groups is 1. The van der Waals surface area contributed by atoms with Crippen LogP contribution in [0.2, 0.25) is 0 Å². The van der Waals surface area contributed by atoms with Crippen molar-refractivity contribution in [3.63, 3.8) is 0 Å². The summed E-state index contributed by atoms with van der Waals surface area (Å²) >= 11 is 0. The number of ether oxygens (including phenoxy) is 1. The third-order valence-corrected chi connectivity index (χ3v) is 3.89. The Morgan fingerprint density at radius 1 is 1.30 bits per heavy atom. The summed E-state index contributed by atoms with van der Waals surface area (Å²) in [5.74, 6) is 0.320. The molecule has 0 aliphatic carbocycles. The second-order valence-corrected chi connectivity index (χ2v) is 6.36. The van der Waals surface area contributed by atoms with Gasteiger partial charge in [0.15, 0.2) is 0 Å². The summed E-state index contributed by atoms with van der Waals surface area (Å²) in [7, 11) is -1.81. The van der Waals surface area contributed by atoms with E-state index < -0.39 is 10.0 Å². The number of amides is 1. The van der Waals surface area contributed by atoms with E-state index in [1.165, 1.54) is 0 Å². The molecule has 6 nitrogen and oxygen atoms in total. The topological polar surface area (TPSA) is 75.7 Å². The van der Waals surface area contributed by atoms with Crippen LogP contribution in [0.4, 0.5) is 5.69 Å². The van der Waals surface area contributed by atoms with Crippen LogP contribution >= 0.6 is 0 Å². The van der Waals surface area contributed by atoms with Crippen LogP contribution in [0.5, 0.6) is 5.75 Å². The minimum atomic E-state index is -3.37. The molecule has 1 N–H and O–H groups in total. The van der Waals surface area contributed by atoms with Gasteiger partial charge in [0.1, 0.15) is 5.75 Å². The Morgan fingerprint density at radius 3 is 2.35 bits per heavy atom. The molecule has 0 spiro atoms. The lowest BCUT2D eigenvalue weighted by Gasteiger charge is -2.18. The lowest BCUT2D eigenvalue weighted by atomic mass is 10.3. The molecule has 1 aromatic rings. The van der Waals surface area contributed by atoms with Crippen LogP contribution in [-0.2, 0) is 14.8 Å². The van der Waals surface area contributed by atoms with Crippen molar-refractivity contribution in [2.24, 2.45) is 0 Å². The van der Waals surface area contributed by atoms with Crippen molar-refractivity contribution >= 4 is 21.6 Å². The Balaban J connectivity index is 2.65. The van der Waals surface area contributed by atoms with E-state index in [-0.39, 0.29) is 12.5 Å². The fourth-order valence-electron chi connectivity index (χ4n) is 1.65. The van der Waals surface area contributed by atoms with Gasteiger partial charge in [-0.1, -0.05) is 6.92 Å². The molecule has 20 heavy (non-hydrogen) atoms. The summed E-state index contributed by atoms with van der Waals surface area (Å²) in [6.45, 7) is 2.01. The standard InChI is InChI=1S/C13H20N2O4S/c1-4-9-15(20(3,17)18)10-13(16)14-11-5-7-12(19-2)8-6-11/h5-8H,4,9-10H2,1-3H3,(H,14,16). The van der Waals surface area contributed by atoms with Crippen LogP contribution in [0.3, 0.4) is 0 Å². The third-order valence-electron chi connectivity index (χ3n) is 2.64. The van der Waals surface area contributed by atoms with Gasteiger partial charge in [-0.2, -0.15) is 4.31 Å². The zero-order chi connectivity index (χ0) is 15.2. The van der Waals surface area contributed by atoms with Gasteiger partial charge in [-0.3, -0.25) is 4.79 Å². The maximum absolute atomic E-state index is 11.9. The number of carbonyl (C=O) groups excluding carboxylic acids is 1. The van der Waals surface area contributed by atoms with Crippen molar-refractivity contribution in [1.82, 2.24) is 4.31 Å². The largest absolute Gasteiger partial charge is 0.497 e. The van der Waals surface area contributed by atoms with E-state index in [0.29, 0.717) is 24.4 Å². The molecule has 7 heteroatoms. The molecule has 0 atom stereocenters. The van der Waals surface area contributed by atoms with Crippen LogP contribution in [0.25, 0.3) is 0 Å². The van der Waals surface area contributed by atoms with E-state index in [2.05, 4.69) is 5.32 Å². The Kier molecular flexibility index (Phi) is 5.97. The first-order valence-corrected chi connectivity index (χ1v) is 8.10. The fourth-order valence-corrected chi connectivity index (χ4v) is 2.51. The van der Waals surface area contributed by atoms with Crippen LogP contribution in [-0.4, -0.2) is 45.1 Å². The third kappa shape index (κ3) is 5.18. The molecule has 0 saturated carbocycles. The summed E-state index contributed by atoms with van der Waals surface area (Å²) < 4.78 is 29.2.